The Balaban J connectivity index is 2.10. The SMILES string of the molecule is COc1ccc(NC(=O)Nc2ccc(F)cc2F)cc1OC(F)F. The summed E-state index contributed by atoms with van der Waals surface area (Å²) in [5, 5.41) is 4.47. The van der Waals surface area contributed by atoms with E-state index in [0.29, 0.717) is 6.07 Å². The smallest absolute Gasteiger partial charge is 0.387 e. The highest BCUT2D eigenvalue weighted by Crippen LogP contribution is 2.31. The first-order valence-electron chi connectivity index (χ1n) is 6.55. The van der Waals surface area contributed by atoms with Crippen molar-refractivity contribution in [1.29, 1.82) is 0 Å². The summed E-state index contributed by atoms with van der Waals surface area (Å²) in [5.74, 6) is -1.98. The molecule has 24 heavy (non-hydrogen) atoms. The van der Waals surface area contributed by atoms with Crippen LogP contribution in [0.4, 0.5) is 33.7 Å². The van der Waals surface area contributed by atoms with Crippen LogP contribution in [0.1, 0.15) is 0 Å². The molecule has 0 spiro atoms. The van der Waals surface area contributed by atoms with Gasteiger partial charge in [-0.25, -0.2) is 13.6 Å². The van der Waals surface area contributed by atoms with Crippen molar-refractivity contribution in [2.75, 3.05) is 17.7 Å². The molecule has 0 aromatic heterocycles. The molecule has 2 rings (SSSR count). The molecular weight excluding hydrogens is 332 g/mol. The summed E-state index contributed by atoms with van der Waals surface area (Å²) in [6, 6.07) is 5.57. The van der Waals surface area contributed by atoms with Crippen LogP contribution in [0.2, 0.25) is 0 Å². The number of halogens is 4. The normalized spacial score (nSPS) is 10.4. The standard InChI is InChI=1S/C15H12F4N2O3/c1-23-12-5-3-9(7-13(12)24-14(18)19)20-15(22)21-11-4-2-8(16)6-10(11)17/h2-7,14H,1H3,(H2,20,21,22). The van der Waals surface area contributed by atoms with Crippen LogP contribution in [0, 0.1) is 11.6 Å². The van der Waals surface area contributed by atoms with E-state index in [2.05, 4.69) is 15.4 Å². The van der Waals surface area contributed by atoms with Crippen molar-refractivity contribution in [3.8, 4) is 11.5 Å². The number of anilines is 2. The van der Waals surface area contributed by atoms with E-state index in [-0.39, 0.29) is 22.9 Å². The second-order valence-electron chi connectivity index (χ2n) is 4.45. The molecule has 2 aromatic carbocycles. The lowest BCUT2D eigenvalue weighted by Crippen LogP contribution is -2.20. The predicted octanol–water partition coefficient (Wildman–Crippen LogP) is 4.22. The molecule has 0 aliphatic rings. The minimum absolute atomic E-state index is 0.0471. The van der Waals surface area contributed by atoms with Gasteiger partial charge in [0.05, 0.1) is 12.8 Å². The number of hydrogen-bond acceptors (Lipinski definition) is 3. The quantitative estimate of drug-likeness (QED) is 0.799. The second kappa shape index (κ2) is 7.53. The summed E-state index contributed by atoms with van der Waals surface area (Å²) in [5.41, 5.74) is -0.141. The van der Waals surface area contributed by atoms with Crippen LogP contribution in [0.5, 0.6) is 11.5 Å². The molecule has 9 heteroatoms. The fraction of sp³-hybridized carbons (Fsp3) is 0.133. The van der Waals surface area contributed by atoms with Crippen LogP contribution in [0.25, 0.3) is 0 Å². The van der Waals surface area contributed by atoms with Gasteiger partial charge in [0.1, 0.15) is 11.6 Å². The van der Waals surface area contributed by atoms with Crippen LogP contribution in [0.15, 0.2) is 36.4 Å². The first-order valence-corrected chi connectivity index (χ1v) is 6.55. The molecule has 128 valence electrons. The maximum absolute atomic E-state index is 13.5. The van der Waals surface area contributed by atoms with Crippen molar-refractivity contribution >= 4 is 17.4 Å². The number of carbonyl (C=O) groups excluding carboxylic acids is 1. The molecular formula is C15H12F4N2O3. The molecule has 0 atom stereocenters. The van der Waals surface area contributed by atoms with Gasteiger partial charge in [-0.2, -0.15) is 8.78 Å². The number of nitrogens with one attached hydrogen (secondary N) is 2. The lowest BCUT2D eigenvalue weighted by Gasteiger charge is -2.13. The van der Waals surface area contributed by atoms with E-state index in [9.17, 15) is 22.4 Å². The van der Waals surface area contributed by atoms with Crippen LogP contribution in [-0.2, 0) is 0 Å². The number of rotatable bonds is 5. The number of benzene rings is 2. The van der Waals surface area contributed by atoms with Gasteiger partial charge in [-0.05, 0) is 24.3 Å². The van der Waals surface area contributed by atoms with E-state index in [1.54, 1.807) is 0 Å². The van der Waals surface area contributed by atoms with E-state index in [4.69, 9.17) is 4.74 Å². The van der Waals surface area contributed by atoms with Crippen molar-refractivity contribution in [3.05, 3.63) is 48.0 Å². The molecule has 0 aliphatic carbocycles. The number of methoxy groups -OCH3 is 1. The Morgan fingerprint density at radius 3 is 2.42 bits per heavy atom. The molecule has 0 bridgehead atoms. The highest BCUT2D eigenvalue weighted by Gasteiger charge is 2.13. The Morgan fingerprint density at radius 2 is 1.79 bits per heavy atom. The van der Waals surface area contributed by atoms with E-state index >= 15 is 0 Å². The summed E-state index contributed by atoms with van der Waals surface area (Å²) >= 11 is 0. The van der Waals surface area contributed by atoms with E-state index in [1.165, 1.54) is 19.2 Å². The Bertz CT molecular complexity index is 741. The Kier molecular flexibility index (Phi) is 5.46. The molecule has 5 nitrogen and oxygen atoms in total. The van der Waals surface area contributed by atoms with Gasteiger partial charge in [-0.15, -0.1) is 0 Å². The summed E-state index contributed by atoms with van der Waals surface area (Å²) < 4.78 is 60.1. The van der Waals surface area contributed by atoms with Crippen LogP contribution in [0.3, 0.4) is 0 Å². The van der Waals surface area contributed by atoms with Crippen molar-refractivity contribution in [2.45, 2.75) is 6.61 Å². The summed E-state index contributed by atoms with van der Waals surface area (Å²) in [6.45, 7) is -3.07. The topological polar surface area (TPSA) is 59.6 Å². The highest BCUT2D eigenvalue weighted by molar-refractivity contribution is 6.00. The maximum atomic E-state index is 13.5. The van der Waals surface area contributed by atoms with Gasteiger partial charge < -0.3 is 20.1 Å². The summed E-state index contributed by atoms with van der Waals surface area (Å²) in [4.78, 5) is 11.8. The largest absolute Gasteiger partial charge is 0.493 e. The van der Waals surface area contributed by atoms with E-state index in [0.717, 1.165) is 18.2 Å². The third-order valence-electron chi connectivity index (χ3n) is 2.82. The molecule has 2 N–H and O–H groups in total. The molecule has 0 aliphatic heterocycles. The fourth-order valence-electron chi connectivity index (χ4n) is 1.82. The summed E-state index contributed by atoms with van der Waals surface area (Å²) in [7, 11) is 1.27. The van der Waals surface area contributed by atoms with Crippen molar-refractivity contribution < 1.29 is 31.8 Å². The molecule has 0 saturated carbocycles. The van der Waals surface area contributed by atoms with Crippen molar-refractivity contribution in [3.63, 3.8) is 0 Å². The van der Waals surface area contributed by atoms with Crippen LogP contribution >= 0.6 is 0 Å². The number of carbonyl (C=O) groups is 1. The molecule has 0 fully saturated rings. The zero-order valence-electron chi connectivity index (χ0n) is 12.3. The van der Waals surface area contributed by atoms with Gasteiger partial charge in [-0.1, -0.05) is 0 Å². The molecule has 2 aromatic rings. The molecule has 0 saturated heterocycles. The van der Waals surface area contributed by atoms with Gasteiger partial charge in [0, 0.05) is 17.8 Å². The third kappa shape index (κ3) is 4.51. The number of hydrogen-bond donors (Lipinski definition) is 2. The van der Waals surface area contributed by atoms with Gasteiger partial charge in [-0.3, -0.25) is 0 Å². The first-order chi connectivity index (χ1) is 11.4. The second-order valence-corrected chi connectivity index (χ2v) is 4.45. The lowest BCUT2D eigenvalue weighted by molar-refractivity contribution is -0.0511. The average Bonchev–Trinajstić information content (AvgIpc) is 2.50. The average molecular weight is 344 g/mol. The van der Waals surface area contributed by atoms with E-state index < -0.39 is 24.3 Å². The Hall–Kier alpha value is -2.97. The van der Waals surface area contributed by atoms with Crippen molar-refractivity contribution in [2.24, 2.45) is 0 Å². The van der Waals surface area contributed by atoms with Gasteiger partial charge in [0.2, 0.25) is 0 Å². The number of amides is 2. The highest BCUT2D eigenvalue weighted by atomic mass is 19.3. The maximum Gasteiger partial charge on any atom is 0.387 e. The van der Waals surface area contributed by atoms with Crippen LogP contribution < -0.4 is 20.1 Å². The van der Waals surface area contributed by atoms with Gasteiger partial charge >= 0.3 is 12.6 Å². The lowest BCUT2D eigenvalue weighted by atomic mass is 10.2. The third-order valence-corrected chi connectivity index (χ3v) is 2.82. The number of ether oxygens (including phenoxy) is 2. The van der Waals surface area contributed by atoms with E-state index in [1.807, 2.05) is 0 Å². The number of alkyl halides is 2. The number of urea groups is 1. The minimum Gasteiger partial charge on any atom is -0.493 e. The summed E-state index contributed by atoms with van der Waals surface area (Å²) in [6.07, 6.45) is 0. The molecule has 0 unspecified atom stereocenters. The van der Waals surface area contributed by atoms with Crippen molar-refractivity contribution in [1.82, 2.24) is 0 Å². The molecule has 0 heterocycles. The first kappa shape index (κ1) is 17.4. The predicted molar refractivity (Wildman–Crippen MR) is 78.6 cm³/mol. The Labute approximate surface area is 134 Å². The van der Waals surface area contributed by atoms with Gasteiger partial charge in [0.25, 0.3) is 0 Å². The Morgan fingerprint density at radius 1 is 1.04 bits per heavy atom. The zero-order valence-corrected chi connectivity index (χ0v) is 12.3. The molecule has 2 amide bonds. The molecule has 0 radical (unpaired) electrons. The minimum atomic E-state index is -3.07. The fourth-order valence-corrected chi connectivity index (χ4v) is 1.82. The monoisotopic (exact) mass is 344 g/mol. The zero-order chi connectivity index (χ0) is 17.7. The van der Waals surface area contributed by atoms with Crippen LogP contribution in [-0.4, -0.2) is 19.8 Å². The van der Waals surface area contributed by atoms with Gasteiger partial charge in [0.15, 0.2) is 11.5 Å².